The Morgan fingerprint density at radius 3 is 2.92 bits per heavy atom. The van der Waals surface area contributed by atoms with Crippen molar-refractivity contribution < 1.29 is 0 Å². The highest BCUT2D eigenvalue weighted by molar-refractivity contribution is 8.14. The number of aliphatic imine (C=N–C) groups is 1. The van der Waals surface area contributed by atoms with Crippen LogP contribution in [0, 0.1) is 0 Å². The Morgan fingerprint density at radius 1 is 1.46 bits per heavy atom. The van der Waals surface area contributed by atoms with Crippen LogP contribution in [0.25, 0.3) is 0 Å². The molecule has 0 saturated carbocycles. The van der Waals surface area contributed by atoms with Crippen LogP contribution in [0.2, 0.25) is 0 Å². The lowest BCUT2D eigenvalue weighted by Crippen LogP contribution is -2.21. The van der Waals surface area contributed by atoms with E-state index in [1.165, 1.54) is 19.4 Å². The Kier molecular flexibility index (Phi) is 5.23. The van der Waals surface area contributed by atoms with E-state index in [0.29, 0.717) is 0 Å². The number of unbranched alkanes of at least 4 members (excludes halogenated alkanes) is 1. The zero-order valence-electron chi connectivity index (χ0n) is 8.55. The lowest BCUT2D eigenvalue weighted by atomic mass is 10.3. The summed E-state index contributed by atoms with van der Waals surface area (Å²) in [7, 11) is 4.23. The van der Waals surface area contributed by atoms with E-state index in [2.05, 4.69) is 29.3 Å². The molecule has 0 unspecified atom stereocenters. The molecule has 0 radical (unpaired) electrons. The first kappa shape index (κ1) is 10.9. The summed E-state index contributed by atoms with van der Waals surface area (Å²) >= 11 is 1.84. The van der Waals surface area contributed by atoms with Gasteiger partial charge in [-0.3, -0.25) is 4.99 Å². The van der Waals surface area contributed by atoms with Crippen LogP contribution in [0.4, 0.5) is 0 Å². The lowest BCUT2D eigenvalue weighted by molar-refractivity contribution is 0.394. The van der Waals surface area contributed by atoms with Gasteiger partial charge in [-0.05, 0) is 33.5 Å². The predicted octanol–water partition coefficient (Wildman–Crippen LogP) is 1.02. The number of thioether (sulfide) groups is 1. The van der Waals surface area contributed by atoms with E-state index in [0.717, 1.165) is 24.0 Å². The quantitative estimate of drug-likeness (QED) is 0.673. The van der Waals surface area contributed by atoms with Gasteiger partial charge in [0.15, 0.2) is 5.17 Å². The first-order valence-corrected chi connectivity index (χ1v) is 5.83. The molecule has 0 spiro atoms. The molecule has 0 aromatic rings. The monoisotopic (exact) mass is 201 g/mol. The molecule has 1 N–H and O–H groups in total. The predicted molar refractivity (Wildman–Crippen MR) is 60.6 cm³/mol. The van der Waals surface area contributed by atoms with Crippen molar-refractivity contribution in [2.45, 2.75) is 12.8 Å². The van der Waals surface area contributed by atoms with Crippen molar-refractivity contribution in [3.8, 4) is 0 Å². The highest BCUT2D eigenvalue weighted by Gasteiger charge is 2.04. The minimum atomic E-state index is 0.991. The van der Waals surface area contributed by atoms with Gasteiger partial charge in [-0.2, -0.15) is 0 Å². The normalized spacial score (nSPS) is 16.4. The number of rotatable bonds is 5. The summed E-state index contributed by atoms with van der Waals surface area (Å²) < 4.78 is 0. The van der Waals surface area contributed by atoms with Gasteiger partial charge in [0.25, 0.3) is 0 Å². The second kappa shape index (κ2) is 6.27. The van der Waals surface area contributed by atoms with Crippen molar-refractivity contribution in [3.63, 3.8) is 0 Å². The molecule has 1 aliphatic rings. The molecular weight excluding hydrogens is 182 g/mol. The Bertz CT molecular complexity index is 168. The zero-order valence-corrected chi connectivity index (χ0v) is 9.36. The summed E-state index contributed by atoms with van der Waals surface area (Å²) in [6.07, 6.45) is 2.50. The van der Waals surface area contributed by atoms with Crippen LogP contribution in [-0.2, 0) is 0 Å². The van der Waals surface area contributed by atoms with Crippen LogP contribution in [0.1, 0.15) is 12.8 Å². The number of hydrogen-bond acceptors (Lipinski definition) is 4. The molecule has 76 valence electrons. The highest BCUT2D eigenvalue weighted by atomic mass is 32.2. The molecule has 1 rings (SSSR count). The summed E-state index contributed by atoms with van der Waals surface area (Å²) in [5.41, 5.74) is 0. The van der Waals surface area contributed by atoms with Crippen molar-refractivity contribution in [2.24, 2.45) is 4.99 Å². The van der Waals surface area contributed by atoms with Gasteiger partial charge >= 0.3 is 0 Å². The Morgan fingerprint density at radius 2 is 2.31 bits per heavy atom. The fraction of sp³-hybridized carbons (Fsp3) is 0.889. The molecule has 0 amide bonds. The molecule has 1 heterocycles. The van der Waals surface area contributed by atoms with Crippen LogP contribution in [0.3, 0.4) is 0 Å². The molecular formula is C9H19N3S. The number of nitrogens with zero attached hydrogens (tertiary/aromatic N) is 2. The second-order valence-corrected chi connectivity index (χ2v) is 4.56. The maximum absolute atomic E-state index is 4.33. The zero-order chi connectivity index (χ0) is 9.52. The van der Waals surface area contributed by atoms with Crippen LogP contribution < -0.4 is 5.32 Å². The van der Waals surface area contributed by atoms with Crippen molar-refractivity contribution >= 4 is 16.9 Å². The highest BCUT2D eigenvalue weighted by Crippen LogP contribution is 2.08. The third kappa shape index (κ3) is 5.16. The van der Waals surface area contributed by atoms with E-state index in [1.54, 1.807) is 0 Å². The van der Waals surface area contributed by atoms with Gasteiger partial charge in [0.05, 0.1) is 6.54 Å². The molecule has 0 saturated heterocycles. The van der Waals surface area contributed by atoms with Gasteiger partial charge in [-0.25, -0.2) is 0 Å². The third-order valence-corrected chi connectivity index (χ3v) is 2.83. The Hall–Kier alpha value is -0.220. The molecule has 3 nitrogen and oxygen atoms in total. The Labute approximate surface area is 85.0 Å². The maximum atomic E-state index is 4.33. The fourth-order valence-electron chi connectivity index (χ4n) is 1.19. The number of amidine groups is 1. The molecule has 4 heteroatoms. The SMILES string of the molecule is CN(C)CCCCNC1=NCCS1. The van der Waals surface area contributed by atoms with E-state index < -0.39 is 0 Å². The lowest BCUT2D eigenvalue weighted by Gasteiger charge is -2.09. The summed E-state index contributed by atoms with van der Waals surface area (Å²) in [5.74, 6) is 1.15. The first-order valence-electron chi connectivity index (χ1n) is 4.85. The fourth-order valence-corrected chi connectivity index (χ4v) is 1.95. The van der Waals surface area contributed by atoms with Crippen LogP contribution in [-0.4, -0.2) is 49.6 Å². The summed E-state index contributed by atoms with van der Waals surface area (Å²) in [5, 5.41) is 4.49. The Balaban J connectivity index is 1.89. The average molecular weight is 201 g/mol. The van der Waals surface area contributed by atoms with Crippen molar-refractivity contribution in [2.75, 3.05) is 39.5 Å². The minimum Gasteiger partial charge on any atom is -0.365 e. The van der Waals surface area contributed by atoms with Crippen LogP contribution >= 0.6 is 11.8 Å². The third-order valence-electron chi connectivity index (χ3n) is 1.89. The molecule has 0 aromatic heterocycles. The standard InChI is InChI=1S/C9H19N3S/c1-12(2)7-4-3-5-10-9-11-6-8-13-9/h3-8H2,1-2H3,(H,10,11). The topological polar surface area (TPSA) is 27.6 Å². The van der Waals surface area contributed by atoms with E-state index in [9.17, 15) is 0 Å². The smallest absolute Gasteiger partial charge is 0.156 e. The van der Waals surface area contributed by atoms with E-state index in [-0.39, 0.29) is 0 Å². The van der Waals surface area contributed by atoms with Gasteiger partial charge in [0.2, 0.25) is 0 Å². The van der Waals surface area contributed by atoms with E-state index in [4.69, 9.17) is 0 Å². The van der Waals surface area contributed by atoms with Gasteiger partial charge in [-0.1, -0.05) is 11.8 Å². The summed E-state index contributed by atoms with van der Waals surface area (Å²) in [6.45, 7) is 3.24. The van der Waals surface area contributed by atoms with E-state index in [1.807, 2.05) is 11.8 Å². The molecule has 0 aromatic carbocycles. The van der Waals surface area contributed by atoms with Crippen molar-refractivity contribution in [3.05, 3.63) is 0 Å². The van der Waals surface area contributed by atoms with Crippen LogP contribution in [0.5, 0.6) is 0 Å². The average Bonchev–Trinajstić information content (AvgIpc) is 2.55. The van der Waals surface area contributed by atoms with Gasteiger partial charge < -0.3 is 10.2 Å². The maximum Gasteiger partial charge on any atom is 0.156 e. The molecule has 0 aliphatic carbocycles. The molecule has 13 heavy (non-hydrogen) atoms. The van der Waals surface area contributed by atoms with Gasteiger partial charge in [0.1, 0.15) is 0 Å². The second-order valence-electron chi connectivity index (χ2n) is 3.47. The van der Waals surface area contributed by atoms with Crippen molar-refractivity contribution in [1.29, 1.82) is 0 Å². The molecule has 1 aliphatic heterocycles. The molecule has 0 bridgehead atoms. The minimum absolute atomic E-state index is 0.991. The van der Waals surface area contributed by atoms with Crippen LogP contribution in [0.15, 0.2) is 4.99 Å². The largest absolute Gasteiger partial charge is 0.365 e. The molecule has 0 atom stereocenters. The van der Waals surface area contributed by atoms with Gasteiger partial charge in [-0.15, -0.1) is 0 Å². The molecule has 0 fully saturated rings. The summed E-state index contributed by atoms with van der Waals surface area (Å²) in [6, 6.07) is 0. The summed E-state index contributed by atoms with van der Waals surface area (Å²) in [4.78, 5) is 6.55. The number of nitrogens with one attached hydrogen (secondary N) is 1. The first-order chi connectivity index (χ1) is 6.29. The van der Waals surface area contributed by atoms with Crippen molar-refractivity contribution in [1.82, 2.24) is 10.2 Å². The van der Waals surface area contributed by atoms with E-state index >= 15 is 0 Å². The number of hydrogen-bond donors (Lipinski definition) is 1. The van der Waals surface area contributed by atoms with Gasteiger partial charge in [0, 0.05) is 12.3 Å².